The zero-order valence-corrected chi connectivity index (χ0v) is 7.78. The number of ether oxygens (including phenoxy) is 1. The number of nitrogens with one attached hydrogen (secondary N) is 1. The van der Waals surface area contributed by atoms with Crippen molar-refractivity contribution < 1.29 is 4.74 Å². The van der Waals surface area contributed by atoms with Crippen LogP contribution in [0.5, 0.6) is 5.75 Å². The molecular formula is C10H10N2O2. The summed E-state index contributed by atoms with van der Waals surface area (Å²) in [6.45, 7) is 2.39. The lowest BCUT2D eigenvalue weighted by Crippen LogP contribution is -1.89. The predicted molar refractivity (Wildman–Crippen MR) is 54.9 cm³/mol. The number of aromatic nitrogens is 1. The summed E-state index contributed by atoms with van der Waals surface area (Å²) >= 11 is 0. The summed E-state index contributed by atoms with van der Waals surface area (Å²) in [5, 5.41) is 3.79. The summed E-state index contributed by atoms with van der Waals surface area (Å²) in [6.07, 6.45) is 0. The lowest BCUT2D eigenvalue weighted by atomic mass is 10.2. The summed E-state index contributed by atoms with van der Waals surface area (Å²) in [6, 6.07) is 7.56. The van der Waals surface area contributed by atoms with Gasteiger partial charge in [0.15, 0.2) is 5.75 Å². The van der Waals surface area contributed by atoms with E-state index in [1.807, 2.05) is 31.2 Å². The Morgan fingerprint density at radius 3 is 2.93 bits per heavy atom. The number of nitrogens with zero attached hydrogens (tertiary/aromatic N) is 1. The highest BCUT2D eigenvalue weighted by Crippen LogP contribution is 2.35. The number of rotatable bonds is 3. The zero-order valence-electron chi connectivity index (χ0n) is 7.78. The lowest BCUT2D eigenvalue weighted by Gasteiger charge is -1.99. The highest BCUT2D eigenvalue weighted by Gasteiger charge is 2.11. The van der Waals surface area contributed by atoms with E-state index in [4.69, 9.17) is 4.74 Å². The Kier molecular flexibility index (Phi) is 2.18. The Balaban J connectivity index is 2.67. The molecular weight excluding hydrogens is 180 g/mol. The molecule has 0 saturated carbocycles. The van der Waals surface area contributed by atoms with Crippen molar-refractivity contribution in [2.45, 2.75) is 6.92 Å². The van der Waals surface area contributed by atoms with Gasteiger partial charge in [0.1, 0.15) is 0 Å². The average molecular weight is 190 g/mol. The molecule has 72 valence electrons. The van der Waals surface area contributed by atoms with Crippen LogP contribution in [0.1, 0.15) is 6.92 Å². The van der Waals surface area contributed by atoms with Gasteiger partial charge in [0.2, 0.25) is 5.82 Å². The lowest BCUT2D eigenvalue weighted by molar-refractivity contribution is 0.345. The third-order valence-corrected chi connectivity index (χ3v) is 2.02. The molecule has 0 unspecified atom stereocenters. The molecule has 4 nitrogen and oxygen atoms in total. The number of nitroso groups, excluding NO2 is 1. The van der Waals surface area contributed by atoms with Crippen molar-refractivity contribution >= 4 is 16.7 Å². The Morgan fingerprint density at radius 2 is 2.21 bits per heavy atom. The monoisotopic (exact) mass is 190 g/mol. The van der Waals surface area contributed by atoms with E-state index in [1.165, 1.54) is 0 Å². The standard InChI is InChI=1S/C10H10N2O2/c1-2-14-9-7-5-3-4-6-8(7)11-10(9)12-13/h3-6,11H,2H2,1H3. The van der Waals surface area contributed by atoms with Gasteiger partial charge >= 0.3 is 0 Å². The van der Waals surface area contributed by atoms with Crippen LogP contribution in [-0.4, -0.2) is 11.6 Å². The largest absolute Gasteiger partial charge is 0.489 e. The molecule has 0 saturated heterocycles. The molecule has 1 aromatic heterocycles. The molecule has 14 heavy (non-hydrogen) atoms. The first-order valence-corrected chi connectivity index (χ1v) is 4.43. The van der Waals surface area contributed by atoms with Crippen molar-refractivity contribution in [2.75, 3.05) is 6.61 Å². The summed E-state index contributed by atoms with van der Waals surface area (Å²) in [5.74, 6) is 0.797. The van der Waals surface area contributed by atoms with Gasteiger partial charge in [0.05, 0.1) is 12.1 Å². The van der Waals surface area contributed by atoms with Crippen LogP contribution >= 0.6 is 0 Å². The predicted octanol–water partition coefficient (Wildman–Crippen LogP) is 2.96. The minimum absolute atomic E-state index is 0.257. The average Bonchev–Trinajstić information content (AvgIpc) is 2.58. The van der Waals surface area contributed by atoms with E-state index in [0.717, 1.165) is 10.9 Å². The van der Waals surface area contributed by atoms with Crippen LogP contribution in [0.25, 0.3) is 10.9 Å². The first-order valence-electron chi connectivity index (χ1n) is 4.43. The summed E-state index contributed by atoms with van der Waals surface area (Å²) in [4.78, 5) is 13.4. The Bertz CT molecular complexity index is 462. The smallest absolute Gasteiger partial charge is 0.218 e. The van der Waals surface area contributed by atoms with Crippen molar-refractivity contribution in [2.24, 2.45) is 5.18 Å². The molecule has 4 heteroatoms. The van der Waals surface area contributed by atoms with Gasteiger partial charge in [-0.05, 0) is 24.2 Å². The van der Waals surface area contributed by atoms with E-state index in [0.29, 0.717) is 12.4 Å². The summed E-state index contributed by atoms with van der Waals surface area (Å²) < 4.78 is 5.36. The summed E-state index contributed by atoms with van der Waals surface area (Å²) in [7, 11) is 0. The normalized spacial score (nSPS) is 10.4. The quantitative estimate of drug-likeness (QED) is 0.756. The molecule has 0 aliphatic heterocycles. The van der Waals surface area contributed by atoms with Crippen LogP contribution < -0.4 is 4.74 Å². The number of H-pyrrole nitrogens is 1. The molecule has 2 rings (SSSR count). The van der Waals surface area contributed by atoms with Gasteiger partial charge in [-0.15, -0.1) is 4.91 Å². The fourth-order valence-corrected chi connectivity index (χ4v) is 1.46. The third kappa shape index (κ3) is 1.25. The minimum Gasteiger partial charge on any atom is -0.489 e. The molecule has 0 fully saturated rings. The van der Waals surface area contributed by atoms with Crippen LogP contribution in [0.15, 0.2) is 29.4 Å². The Morgan fingerprint density at radius 1 is 1.43 bits per heavy atom. The number of hydrogen-bond donors (Lipinski definition) is 1. The van der Waals surface area contributed by atoms with Crippen molar-refractivity contribution in [1.82, 2.24) is 4.98 Å². The van der Waals surface area contributed by atoms with Crippen LogP contribution in [-0.2, 0) is 0 Å². The maximum absolute atomic E-state index is 10.5. The van der Waals surface area contributed by atoms with Gasteiger partial charge in [-0.25, -0.2) is 0 Å². The van der Waals surface area contributed by atoms with Crippen molar-refractivity contribution in [1.29, 1.82) is 0 Å². The van der Waals surface area contributed by atoms with E-state index < -0.39 is 0 Å². The van der Waals surface area contributed by atoms with Gasteiger partial charge in [-0.3, -0.25) is 0 Å². The number of benzene rings is 1. The fourth-order valence-electron chi connectivity index (χ4n) is 1.46. The first-order chi connectivity index (χ1) is 6.86. The van der Waals surface area contributed by atoms with Gasteiger partial charge in [0.25, 0.3) is 0 Å². The van der Waals surface area contributed by atoms with Crippen molar-refractivity contribution in [3.8, 4) is 5.75 Å². The highest BCUT2D eigenvalue weighted by atomic mass is 16.5. The fraction of sp³-hybridized carbons (Fsp3) is 0.200. The molecule has 0 aliphatic rings. The second-order valence-electron chi connectivity index (χ2n) is 2.87. The van der Waals surface area contributed by atoms with Gasteiger partial charge in [0, 0.05) is 5.39 Å². The van der Waals surface area contributed by atoms with Gasteiger partial charge < -0.3 is 9.72 Å². The van der Waals surface area contributed by atoms with E-state index in [2.05, 4.69) is 10.2 Å². The molecule has 0 bridgehead atoms. The van der Waals surface area contributed by atoms with Crippen molar-refractivity contribution in [3.05, 3.63) is 29.2 Å². The number of hydrogen-bond acceptors (Lipinski definition) is 3. The van der Waals surface area contributed by atoms with Crippen LogP contribution in [0.3, 0.4) is 0 Å². The SMILES string of the molecule is CCOc1c(N=O)[nH]c2ccccc12. The van der Waals surface area contributed by atoms with Crippen molar-refractivity contribution in [3.63, 3.8) is 0 Å². The second kappa shape index (κ2) is 3.49. The molecule has 2 aromatic rings. The molecule has 0 aliphatic carbocycles. The maximum Gasteiger partial charge on any atom is 0.218 e. The maximum atomic E-state index is 10.5. The van der Waals surface area contributed by atoms with Gasteiger partial charge in [-0.1, -0.05) is 12.1 Å². The molecule has 0 atom stereocenters. The molecule has 1 N–H and O–H groups in total. The van der Waals surface area contributed by atoms with E-state index in [-0.39, 0.29) is 5.82 Å². The second-order valence-corrected chi connectivity index (χ2v) is 2.87. The Labute approximate surface area is 80.9 Å². The van der Waals surface area contributed by atoms with Crippen LogP contribution in [0, 0.1) is 4.91 Å². The topological polar surface area (TPSA) is 54.4 Å². The van der Waals surface area contributed by atoms with E-state index in [9.17, 15) is 4.91 Å². The van der Waals surface area contributed by atoms with E-state index >= 15 is 0 Å². The number of fused-ring (bicyclic) bond motifs is 1. The molecule has 0 amide bonds. The molecule has 0 radical (unpaired) electrons. The minimum atomic E-state index is 0.257. The molecule has 1 heterocycles. The highest BCUT2D eigenvalue weighted by molar-refractivity contribution is 5.91. The van der Waals surface area contributed by atoms with E-state index in [1.54, 1.807) is 0 Å². The van der Waals surface area contributed by atoms with Crippen LogP contribution in [0.4, 0.5) is 5.82 Å². The molecule has 1 aromatic carbocycles. The number of aromatic amines is 1. The number of para-hydroxylation sites is 1. The third-order valence-electron chi connectivity index (χ3n) is 2.02. The molecule has 0 spiro atoms. The Hall–Kier alpha value is -1.84. The van der Waals surface area contributed by atoms with Crippen LogP contribution in [0.2, 0.25) is 0 Å². The zero-order chi connectivity index (χ0) is 9.97. The van der Waals surface area contributed by atoms with Gasteiger partial charge in [-0.2, -0.15) is 0 Å². The summed E-state index contributed by atoms with van der Waals surface area (Å²) in [5.41, 5.74) is 0.866. The first kappa shape index (κ1) is 8.74.